The molecule has 0 saturated heterocycles. The van der Waals surface area contributed by atoms with E-state index in [1.54, 1.807) is 18.2 Å². The molecule has 1 aromatic heterocycles. The van der Waals surface area contributed by atoms with E-state index in [2.05, 4.69) is 9.88 Å². The van der Waals surface area contributed by atoms with Crippen LogP contribution in [-0.4, -0.2) is 34.4 Å². The third kappa shape index (κ3) is 5.66. The van der Waals surface area contributed by atoms with Gasteiger partial charge in [0.15, 0.2) is 6.61 Å². The molecule has 0 aliphatic carbocycles. The van der Waals surface area contributed by atoms with Crippen molar-refractivity contribution >= 4 is 23.1 Å². The van der Waals surface area contributed by atoms with Gasteiger partial charge in [0, 0.05) is 42.0 Å². The van der Waals surface area contributed by atoms with Crippen LogP contribution in [-0.2, 0) is 9.53 Å². The number of ketones is 1. The number of esters is 1. The van der Waals surface area contributed by atoms with Crippen molar-refractivity contribution in [3.05, 3.63) is 57.4 Å². The van der Waals surface area contributed by atoms with Crippen LogP contribution in [0.5, 0.6) is 0 Å². The molecule has 0 bridgehead atoms. The van der Waals surface area contributed by atoms with Gasteiger partial charge in [0.1, 0.15) is 5.69 Å². The number of benzene rings is 1. The second-order valence-electron chi connectivity index (χ2n) is 7.14. The van der Waals surface area contributed by atoms with Crippen LogP contribution >= 0.6 is 0 Å². The van der Waals surface area contributed by atoms with Crippen molar-refractivity contribution in [1.82, 2.24) is 4.57 Å². The Bertz CT molecular complexity index is 902. The summed E-state index contributed by atoms with van der Waals surface area (Å²) in [7, 11) is 0. The summed E-state index contributed by atoms with van der Waals surface area (Å²) in [6.45, 7) is 8.01. The van der Waals surface area contributed by atoms with E-state index < -0.39 is 10.9 Å². The number of nitro groups is 1. The summed E-state index contributed by atoms with van der Waals surface area (Å²) in [4.78, 5) is 34.8. The van der Waals surface area contributed by atoms with Gasteiger partial charge in [-0.2, -0.15) is 0 Å². The van der Waals surface area contributed by atoms with E-state index in [-0.39, 0.29) is 30.5 Å². The number of anilines is 1. The molecule has 0 radical (unpaired) electrons. The Hall–Kier alpha value is -3.16. The Morgan fingerprint density at radius 2 is 1.93 bits per heavy atom. The Morgan fingerprint density at radius 3 is 2.55 bits per heavy atom. The Kier molecular flexibility index (Phi) is 7.52. The third-order valence-corrected chi connectivity index (χ3v) is 4.64. The van der Waals surface area contributed by atoms with Gasteiger partial charge in [-0.25, -0.2) is 0 Å². The van der Waals surface area contributed by atoms with Crippen LogP contribution in [0.4, 0.5) is 11.4 Å². The quantitative estimate of drug-likeness (QED) is 0.210. The average molecular weight is 401 g/mol. The van der Waals surface area contributed by atoms with E-state index in [0.717, 1.165) is 11.4 Å². The zero-order chi connectivity index (χ0) is 21.6. The molecule has 156 valence electrons. The lowest BCUT2D eigenvalue weighted by Gasteiger charge is -2.13. The third-order valence-electron chi connectivity index (χ3n) is 4.64. The first-order valence-corrected chi connectivity index (χ1v) is 9.57. The summed E-state index contributed by atoms with van der Waals surface area (Å²) >= 11 is 0. The van der Waals surface area contributed by atoms with Gasteiger partial charge in [-0.15, -0.1) is 0 Å². The lowest BCUT2D eigenvalue weighted by Crippen LogP contribution is -2.16. The maximum absolute atomic E-state index is 12.4. The molecular weight excluding hydrogens is 374 g/mol. The van der Waals surface area contributed by atoms with Crippen LogP contribution in [0.2, 0.25) is 0 Å². The molecule has 2 aromatic rings. The van der Waals surface area contributed by atoms with E-state index in [0.29, 0.717) is 24.2 Å². The van der Waals surface area contributed by atoms with Crippen LogP contribution < -0.4 is 5.32 Å². The smallest absolute Gasteiger partial charge is 0.306 e. The van der Waals surface area contributed by atoms with Crippen molar-refractivity contribution in [3.8, 4) is 0 Å². The minimum atomic E-state index is -0.472. The number of Topliss-reactive ketones (excluding diaryl/α,β-unsaturated/α-hetero) is 1. The lowest BCUT2D eigenvalue weighted by atomic mass is 10.1. The standard InChI is InChI=1S/C21H27N3O5/c1-14(2)23-15(3)12-17(16(23)4)20(25)13-29-21(26)10-7-11-22-18-8-5-6-9-19(18)24(27)28/h5-6,8-9,12,14,22H,7,10-11,13H2,1-4H3. The number of carbonyl (C=O) groups is 2. The Morgan fingerprint density at radius 1 is 1.24 bits per heavy atom. The molecule has 1 heterocycles. The summed E-state index contributed by atoms with van der Waals surface area (Å²) in [6, 6.07) is 8.39. The predicted molar refractivity (Wildman–Crippen MR) is 110 cm³/mol. The fourth-order valence-electron chi connectivity index (χ4n) is 3.39. The van der Waals surface area contributed by atoms with E-state index in [4.69, 9.17) is 4.74 Å². The van der Waals surface area contributed by atoms with E-state index in [1.165, 1.54) is 6.07 Å². The topological polar surface area (TPSA) is 103 Å². The van der Waals surface area contributed by atoms with Gasteiger partial charge in [0.25, 0.3) is 5.69 Å². The Labute approximate surface area is 170 Å². The van der Waals surface area contributed by atoms with Crippen molar-refractivity contribution in [2.24, 2.45) is 0 Å². The summed E-state index contributed by atoms with van der Waals surface area (Å²) < 4.78 is 7.18. The van der Waals surface area contributed by atoms with Gasteiger partial charge in [-0.1, -0.05) is 12.1 Å². The molecule has 0 spiro atoms. The summed E-state index contributed by atoms with van der Waals surface area (Å²) in [5, 5.41) is 13.9. The van der Waals surface area contributed by atoms with E-state index >= 15 is 0 Å². The molecule has 0 fully saturated rings. The molecule has 8 heteroatoms. The van der Waals surface area contributed by atoms with Gasteiger partial charge < -0.3 is 14.6 Å². The fourth-order valence-corrected chi connectivity index (χ4v) is 3.39. The summed E-state index contributed by atoms with van der Waals surface area (Å²) in [6.07, 6.45) is 0.548. The molecule has 1 aromatic carbocycles. The fraction of sp³-hybridized carbons (Fsp3) is 0.429. The maximum atomic E-state index is 12.4. The van der Waals surface area contributed by atoms with Crippen LogP contribution in [0.15, 0.2) is 30.3 Å². The number of carbonyl (C=O) groups excluding carboxylic acids is 2. The molecule has 0 unspecified atom stereocenters. The molecule has 1 N–H and O–H groups in total. The van der Waals surface area contributed by atoms with E-state index in [9.17, 15) is 19.7 Å². The number of rotatable bonds is 10. The largest absolute Gasteiger partial charge is 0.457 e. The van der Waals surface area contributed by atoms with Crippen LogP contribution in [0.1, 0.15) is 54.5 Å². The maximum Gasteiger partial charge on any atom is 0.306 e. The zero-order valence-electron chi connectivity index (χ0n) is 17.2. The molecule has 8 nitrogen and oxygen atoms in total. The number of nitrogens with one attached hydrogen (secondary N) is 1. The van der Waals surface area contributed by atoms with Gasteiger partial charge >= 0.3 is 5.97 Å². The molecule has 0 saturated carbocycles. The number of aryl methyl sites for hydroxylation is 1. The van der Waals surface area contributed by atoms with Crippen LogP contribution in [0.25, 0.3) is 0 Å². The minimum Gasteiger partial charge on any atom is -0.457 e. The molecule has 0 aliphatic heterocycles. The highest BCUT2D eigenvalue weighted by atomic mass is 16.6. The number of para-hydroxylation sites is 2. The van der Waals surface area contributed by atoms with Crippen molar-refractivity contribution in [2.45, 2.75) is 46.6 Å². The molecule has 29 heavy (non-hydrogen) atoms. The number of ether oxygens (including phenoxy) is 1. The van der Waals surface area contributed by atoms with Gasteiger partial charge in [0.2, 0.25) is 5.78 Å². The normalized spacial score (nSPS) is 10.8. The number of aromatic nitrogens is 1. The second-order valence-corrected chi connectivity index (χ2v) is 7.14. The van der Waals surface area contributed by atoms with E-state index in [1.807, 2.05) is 33.8 Å². The zero-order valence-corrected chi connectivity index (χ0v) is 17.2. The predicted octanol–water partition coefficient (Wildman–Crippen LogP) is 4.21. The van der Waals surface area contributed by atoms with Crippen LogP contribution in [0, 0.1) is 24.0 Å². The second kappa shape index (κ2) is 9.86. The first-order chi connectivity index (χ1) is 13.7. The first kappa shape index (κ1) is 22.1. The highest BCUT2D eigenvalue weighted by Gasteiger charge is 2.18. The van der Waals surface area contributed by atoms with Crippen molar-refractivity contribution < 1.29 is 19.2 Å². The first-order valence-electron chi connectivity index (χ1n) is 9.57. The number of nitrogens with zero attached hydrogens (tertiary/aromatic N) is 2. The number of nitro benzene ring substituents is 1. The summed E-state index contributed by atoms with van der Waals surface area (Å²) in [5.74, 6) is -0.697. The molecule has 2 rings (SSSR count). The highest BCUT2D eigenvalue weighted by Crippen LogP contribution is 2.23. The van der Waals surface area contributed by atoms with Gasteiger partial charge in [-0.05, 0) is 46.2 Å². The van der Waals surface area contributed by atoms with Crippen molar-refractivity contribution in [1.29, 1.82) is 0 Å². The summed E-state index contributed by atoms with van der Waals surface area (Å²) in [5.41, 5.74) is 2.82. The monoisotopic (exact) mass is 401 g/mol. The van der Waals surface area contributed by atoms with Crippen molar-refractivity contribution in [3.63, 3.8) is 0 Å². The van der Waals surface area contributed by atoms with Gasteiger partial charge in [-0.3, -0.25) is 19.7 Å². The SMILES string of the molecule is Cc1cc(C(=O)COC(=O)CCCNc2ccccc2[N+](=O)[O-])c(C)n1C(C)C. The molecule has 0 atom stereocenters. The minimum absolute atomic E-state index is 0.0142. The number of hydrogen-bond donors (Lipinski definition) is 1. The number of hydrogen-bond acceptors (Lipinski definition) is 6. The highest BCUT2D eigenvalue weighted by molar-refractivity contribution is 5.99. The van der Waals surface area contributed by atoms with Gasteiger partial charge in [0.05, 0.1) is 4.92 Å². The Balaban J connectivity index is 1.79. The van der Waals surface area contributed by atoms with Crippen LogP contribution in [0.3, 0.4) is 0 Å². The lowest BCUT2D eigenvalue weighted by molar-refractivity contribution is -0.384. The average Bonchev–Trinajstić information content (AvgIpc) is 2.97. The van der Waals surface area contributed by atoms with Crippen molar-refractivity contribution in [2.75, 3.05) is 18.5 Å². The molecular formula is C21H27N3O5. The molecule has 0 amide bonds. The molecule has 0 aliphatic rings.